The van der Waals surface area contributed by atoms with E-state index in [2.05, 4.69) is 10.2 Å². The topological polar surface area (TPSA) is 52.6 Å². The van der Waals surface area contributed by atoms with Crippen molar-refractivity contribution in [3.8, 4) is 0 Å². The number of nitrogens with zero attached hydrogens (tertiary/aromatic N) is 1. The summed E-state index contributed by atoms with van der Waals surface area (Å²) in [6, 6.07) is 8.32. The average molecular weight is 318 g/mol. The highest BCUT2D eigenvalue weighted by Gasteiger charge is 2.24. The summed E-state index contributed by atoms with van der Waals surface area (Å²) in [4.78, 5) is 14.8. The maximum absolute atomic E-state index is 12.5. The molecule has 1 amide bonds. The average Bonchev–Trinajstić information content (AvgIpc) is 3.18. The molecule has 1 aromatic carbocycles. The molecule has 2 N–H and O–H groups in total. The molecule has 1 atom stereocenters. The number of rotatable bonds is 6. The Kier molecular flexibility index (Phi) is 5.08. The lowest BCUT2D eigenvalue weighted by Crippen LogP contribution is -2.40. The molecule has 3 rings (SSSR count). The molecule has 0 bridgehead atoms. The van der Waals surface area contributed by atoms with Gasteiger partial charge < -0.3 is 10.4 Å². The predicted octanol–water partition coefficient (Wildman–Crippen LogP) is 2.48. The molecule has 1 aliphatic rings. The molecule has 0 aliphatic carbocycles. The van der Waals surface area contributed by atoms with Crippen molar-refractivity contribution in [1.82, 2.24) is 10.2 Å². The highest BCUT2D eigenvalue weighted by molar-refractivity contribution is 7.17. The number of hydrogen-bond acceptors (Lipinski definition) is 4. The van der Waals surface area contributed by atoms with Crippen LogP contribution in [-0.4, -0.2) is 48.2 Å². The standard InChI is InChI=1S/C17H22N2O2S/c20-10-3-9-19-8-2-5-14(19)12-18-17(21)15-6-1-4-13-7-11-22-16(13)15/h1,4,6-7,11,14,20H,2-3,5,8-10,12H2,(H,18,21). The van der Waals surface area contributed by atoms with Crippen molar-refractivity contribution in [2.75, 3.05) is 26.2 Å². The number of amides is 1. The van der Waals surface area contributed by atoms with Crippen LogP contribution in [0.25, 0.3) is 10.1 Å². The van der Waals surface area contributed by atoms with Crippen LogP contribution in [0.4, 0.5) is 0 Å². The molecule has 0 saturated carbocycles. The Morgan fingerprint density at radius 1 is 1.41 bits per heavy atom. The van der Waals surface area contributed by atoms with Crippen LogP contribution in [0.2, 0.25) is 0 Å². The summed E-state index contributed by atoms with van der Waals surface area (Å²) >= 11 is 1.61. The van der Waals surface area contributed by atoms with E-state index in [4.69, 9.17) is 5.11 Å². The second-order valence-electron chi connectivity index (χ2n) is 5.76. The van der Waals surface area contributed by atoms with E-state index in [1.807, 2.05) is 29.6 Å². The first-order valence-electron chi connectivity index (χ1n) is 7.89. The van der Waals surface area contributed by atoms with Gasteiger partial charge in [-0.2, -0.15) is 0 Å². The minimum absolute atomic E-state index is 0.0158. The van der Waals surface area contributed by atoms with Gasteiger partial charge in [0.1, 0.15) is 0 Å². The van der Waals surface area contributed by atoms with Crippen LogP contribution < -0.4 is 5.32 Å². The molecule has 2 aromatic rings. The molecular formula is C17H22N2O2S. The third-order valence-corrected chi connectivity index (χ3v) is 5.29. The van der Waals surface area contributed by atoms with Crippen molar-refractivity contribution < 1.29 is 9.90 Å². The monoisotopic (exact) mass is 318 g/mol. The number of hydrogen-bond donors (Lipinski definition) is 2. The Morgan fingerprint density at radius 3 is 3.18 bits per heavy atom. The molecule has 0 spiro atoms. The van der Waals surface area contributed by atoms with Crippen LogP contribution in [0.1, 0.15) is 29.6 Å². The molecule has 5 heteroatoms. The minimum atomic E-state index is 0.0158. The number of thiophene rings is 1. The first-order chi connectivity index (χ1) is 10.8. The molecule has 1 unspecified atom stereocenters. The first-order valence-corrected chi connectivity index (χ1v) is 8.77. The van der Waals surface area contributed by atoms with E-state index in [-0.39, 0.29) is 12.5 Å². The second-order valence-corrected chi connectivity index (χ2v) is 6.68. The summed E-state index contributed by atoms with van der Waals surface area (Å²) in [5.74, 6) is 0.0158. The minimum Gasteiger partial charge on any atom is -0.396 e. The van der Waals surface area contributed by atoms with Gasteiger partial charge in [0.05, 0.1) is 5.56 Å². The SMILES string of the molecule is O=C(NCC1CCCN1CCCO)c1cccc2ccsc12. The fraction of sp³-hybridized carbons (Fsp3) is 0.471. The van der Waals surface area contributed by atoms with Gasteiger partial charge in [0.2, 0.25) is 0 Å². The van der Waals surface area contributed by atoms with E-state index in [9.17, 15) is 4.79 Å². The highest BCUT2D eigenvalue weighted by Crippen LogP contribution is 2.24. The number of aliphatic hydroxyl groups is 1. The molecule has 22 heavy (non-hydrogen) atoms. The molecule has 1 fully saturated rings. The second kappa shape index (κ2) is 7.22. The number of carbonyl (C=O) groups is 1. The van der Waals surface area contributed by atoms with Crippen molar-refractivity contribution in [3.05, 3.63) is 35.2 Å². The first kappa shape index (κ1) is 15.5. The summed E-state index contributed by atoms with van der Waals surface area (Å²) in [7, 11) is 0. The molecule has 1 aromatic heterocycles. The van der Waals surface area contributed by atoms with E-state index >= 15 is 0 Å². The Morgan fingerprint density at radius 2 is 2.32 bits per heavy atom. The quantitative estimate of drug-likeness (QED) is 0.860. The zero-order valence-electron chi connectivity index (χ0n) is 12.6. The van der Waals surface area contributed by atoms with Crippen LogP contribution in [0.3, 0.4) is 0 Å². The fourth-order valence-corrected chi connectivity index (χ4v) is 4.08. The number of fused-ring (bicyclic) bond motifs is 1. The summed E-state index contributed by atoms with van der Waals surface area (Å²) in [5, 5.41) is 15.2. The van der Waals surface area contributed by atoms with Gasteiger partial charge in [-0.1, -0.05) is 12.1 Å². The normalized spacial score (nSPS) is 18.9. The van der Waals surface area contributed by atoms with E-state index < -0.39 is 0 Å². The Bertz CT molecular complexity index is 640. The van der Waals surface area contributed by atoms with Crippen molar-refractivity contribution in [2.24, 2.45) is 0 Å². The summed E-state index contributed by atoms with van der Waals surface area (Å²) in [5.41, 5.74) is 0.771. The van der Waals surface area contributed by atoms with Gasteiger partial charge in [-0.05, 0) is 48.7 Å². The number of benzene rings is 1. The van der Waals surface area contributed by atoms with Gasteiger partial charge in [0.25, 0.3) is 5.91 Å². The van der Waals surface area contributed by atoms with Gasteiger partial charge in [0.15, 0.2) is 0 Å². The third-order valence-electron chi connectivity index (χ3n) is 4.32. The van der Waals surface area contributed by atoms with Gasteiger partial charge in [-0.15, -0.1) is 11.3 Å². The van der Waals surface area contributed by atoms with Crippen LogP contribution in [0.5, 0.6) is 0 Å². The molecule has 0 radical (unpaired) electrons. The third kappa shape index (κ3) is 3.32. The van der Waals surface area contributed by atoms with Gasteiger partial charge in [-0.25, -0.2) is 0 Å². The summed E-state index contributed by atoms with van der Waals surface area (Å²) in [6.07, 6.45) is 3.10. The largest absolute Gasteiger partial charge is 0.396 e. The molecular weight excluding hydrogens is 296 g/mol. The fourth-order valence-electron chi connectivity index (χ4n) is 3.17. The van der Waals surface area contributed by atoms with Crippen LogP contribution in [0, 0.1) is 0 Å². The number of likely N-dealkylation sites (tertiary alicyclic amines) is 1. The molecule has 1 aliphatic heterocycles. The van der Waals surface area contributed by atoms with E-state index in [1.165, 1.54) is 6.42 Å². The highest BCUT2D eigenvalue weighted by atomic mass is 32.1. The van der Waals surface area contributed by atoms with Crippen molar-refractivity contribution in [3.63, 3.8) is 0 Å². The predicted molar refractivity (Wildman–Crippen MR) is 90.5 cm³/mol. The molecule has 2 heterocycles. The Balaban J connectivity index is 1.61. The number of nitrogens with one attached hydrogen (secondary N) is 1. The lowest BCUT2D eigenvalue weighted by atomic mass is 10.1. The van der Waals surface area contributed by atoms with Crippen molar-refractivity contribution in [1.29, 1.82) is 0 Å². The number of carbonyl (C=O) groups excluding carboxylic acids is 1. The van der Waals surface area contributed by atoms with Gasteiger partial charge in [0, 0.05) is 30.4 Å². The van der Waals surface area contributed by atoms with Gasteiger partial charge in [-0.3, -0.25) is 9.69 Å². The van der Waals surface area contributed by atoms with Gasteiger partial charge >= 0.3 is 0 Å². The zero-order chi connectivity index (χ0) is 15.4. The maximum Gasteiger partial charge on any atom is 0.252 e. The lowest BCUT2D eigenvalue weighted by Gasteiger charge is -2.24. The molecule has 118 valence electrons. The Labute approximate surface area is 134 Å². The van der Waals surface area contributed by atoms with E-state index in [1.54, 1.807) is 11.3 Å². The molecule has 1 saturated heterocycles. The smallest absolute Gasteiger partial charge is 0.252 e. The van der Waals surface area contributed by atoms with Crippen molar-refractivity contribution >= 4 is 27.3 Å². The Hall–Kier alpha value is -1.43. The van der Waals surface area contributed by atoms with E-state index in [0.29, 0.717) is 12.6 Å². The summed E-state index contributed by atoms with van der Waals surface area (Å²) < 4.78 is 1.06. The van der Waals surface area contributed by atoms with E-state index in [0.717, 1.165) is 41.6 Å². The van der Waals surface area contributed by atoms with Crippen LogP contribution in [-0.2, 0) is 0 Å². The lowest BCUT2D eigenvalue weighted by molar-refractivity contribution is 0.0941. The maximum atomic E-state index is 12.5. The number of aliphatic hydroxyl groups excluding tert-OH is 1. The zero-order valence-corrected chi connectivity index (χ0v) is 13.4. The molecule has 4 nitrogen and oxygen atoms in total. The van der Waals surface area contributed by atoms with Crippen molar-refractivity contribution in [2.45, 2.75) is 25.3 Å². The van der Waals surface area contributed by atoms with Crippen LogP contribution >= 0.6 is 11.3 Å². The summed E-state index contributed by atoms with van der Waals surface area (Å²) in [6.45, 7) is 2.90. The van der Waals surface area contributed by atoms with Crippen LogP contribution in [0.15, 0.2) is 29.6 Å².